The van der Waals surface area contributed by atoms with Crippen molar-refractivity contribution in [3.05, 3.63) is 11.1 Å². The molecule has 84 valence electrons. The molecule has 0 spiro atoms. The highest BCUT2D eigenvalue weighted by Gasteiger charge is 2.20. The van der Waals surface area contributed by atoms with E-state index in [0.29, 0.717) is 6.04 Å². The molecule has 1 aliphatic rings. The Kier molecular flexibility index (Phi) is 3.59. The average Bonchev–Trinajstić information content (AvgIpc) is 2.78. The average molecular weight is 226 g/mol. The molecule has 1 saturated carbocycles. The third-order valence-electron chi connectivity index (χ3n) is 3.12. The van der Waals surface area contributed by atoms with Crippen LogP contribution in [0.1, 0.15) is 37.0 Å². The molecule has 1 aromatic heterocycles. The molecule has 1 N–H and O–H groups in total. The number of hydrogen-bond acceptors (Lipinski definition) is 4. The molecule has 0 bridgehead atoms. The molecule has 1 aromatic rings. The molecule has 1 aliphatic carbocycles. The van der Waals surface area contributed by atoms with Crippen molar-refractivity contribution >= 4 is 16.5 Å². The second-order valence-electron chi connectivity index (χ2n) is 4.17. The minimum absolute atomic E-state index is 0.107. The van der Waals surface area contributed by atoms with Crippen LogP contribution in [-0.2, 0) is 6.61 Å². The van der Waals surface area contributed by atoms with Gasteiger partial charge >= 0.3 is 0 Å². The Morgan fingerprint density at radius 1 is 1.47 bits per heavy atom. The maximum Gasteiger partial charge on any atom is 0.185 e. The molecular weight excluding hydrogens is 208 g/mol. The van der Waals surface area contributed by atoms with Gasteiger partial charge in [0.25, 0.3) is 0 Å². The molecule has 15 heavy (non-hydrogen) atoms. The summed E-state index contributed by atoms with van der Waals surface area (Å²) >= 11 is 1.60. The van der Waals surface area contributed by atoms with E-state index in [4.69, 9.17) is 5.11 Å². The first-order chi connectivity index (χ1) is 7.31. The zero-order valence-corrected chi connectivity index (χ0v) is 9.96. The van der Waals surface area contributed by atoms with Gasteiger partial charge in [-0.25, -0.2) is 4.98 Å². The van der Waals surface area contributed by atoms with Gasteiger partial charge in [-0.2, -0.15) is 0 Å². The van der Waals surface area contributed by atoms with Crippen LogP contribution in [0.5, 0.6) is 0 Å². The van der Waals surface area contributed by atoms with Gasteiger partial charge in [0.2, 0.25) is 0 Å². The van der Waals surface area contributed by atoms with Crippen molar-refractivity contribution in [2.75, 3.05) is 11.9 Å². The molecule has 0 saturated heterocycles. The number of aromatic nitrogens is 1. The first-order valence-electron chi connectivity index (χ1n) is 5.59. The lowest BCUT2D eigenvalue weighted by molar-refractivity contribution is 0.285. The third-order valence-corrected chi connectivity index (χ3v) is 4.19. The normalized spacial score (nSPS) is 18.0. The van der Waals surface area contributed by atoms with Gasteiger partial charge in [-0.15, -0.1) is 0 Å². The first-order valence-corrected chi connectivity index (χ1v) is 6.41. The number of aliphatic hydroxyl groups is 1. The van der Waals surface area contributed by atoms with Crippen molar-refractivity contribution < 1.29 is 5.11 Å². The fourth-order valence-electron chi connectivity index (χ4n) is 2.16. The van der Waals surface area contributed by atoms with Gasteiger partial charge in [-0.05, 0) is 12.8 Å². The summed E-state index contributed by atoms with van der Waals surface area (Å²) in [6.07, 6.45) is 8.40. The van der Waals surface area contributed by atoms with Crippen LogP contribution >= 0.6 is 11.3 Å². The molecule has 3 nitrogen and oxygen atoms in total. The van der Waals surface area contributed by atoms with Crippen LogP contribution < -0.4 is 4.90 Å². The van der Waals surface area contributed by atoms with Crippen molar-refractivity contribution in [3.8, 4) is 0 Å². The summed E-state index contributed by atoms with van der Waals surface area (Å²) in [5, 5.41) is 10.0. The largest absolute Gasteiger partial charge is 0.391 e. The van der Waals surface area contributed by atoms with Crippen LogP contribution in [0.25, 0.3) is 0 Å². The summed E-state index contributed by atoms with van der Waals surface area (Å²) in [4.78, 5) is 7.58. The zero-order valence-electron chi connectivity index (χ0n) is 9.15. The van der Waals surface area contributed by atoms with Crippen LogP contribution in [0.2, 0.25) is 0 Å². The lowest BCUT2D eigenvalue weighted by atomic mass is 9.95. The van der Waals surface area contributed by atoms with Crippen LogP contribution in [0.4, 0.5) is 5.13 Å². The van der Waals surface area contributed by atoms with E-state index in [9.17, 15) is 0 Å². The molecule has 1 heterocycles. The molecule has 0 amide bonds. The Bertz CT molecular complexity index is 307. The third kappa shape index (κ3) is 2.49. The molecule has 0 aromatic carbocycles. The predicted octanol–water partition coefficient (Wildman–Crippen LogP) is 2.40. The van der Waals surface area contributed by atoms with E-state index in [2.05, 4.69) is 16.9 Å². The van der Waals surface area contributed by atoms with Crippen LogP contribution in [-0.4, -0.2) is 23.2 Å². The van der Waals surface area contributed by atoms with Gasteiger partial charge in [0.1, 0.15) is 0 Å². The van der Waals surface area contributed by atoms with Crippen molar-refractivity contribution in [1.82, 2.24) is 4.98 Å². The number of hydrogen-bond donors (Lipinski definition) is 1. The number of aliphatic hydroxyl groups excluding tert-OH is 1. The van der Waals surface area contributed by atoms with Crippen molar-refractivity contribution in [1.29, 1.82) is 0 Å². The maximum absolute atomic E-state index is 8.99. The number of nitrogens with zero attached hydrogens (tertiary/aromatic N) is 2. The minimum atomic E-state index is 0.107. The van der Waals surface area contributed by atoms with Crippen LogP contribution in [0.15, 0.2) is 6.20 Å². The molecule has 0 unspecified atom stereocenters. The molecule has 2 rings (SSSR count). The summed E-state index contributed by atoms with van der Waals surface area (Å²) in [6.45, 7) is 0.107. The van der Waals surface area contributed by atoms with Gasteiger partial charge in [0, 0.05) is 19.3 Å². The van der Waals surface area contributed by atoms with Gasteiger partial charge in [0.05, 0.1) is 11.5 Å². The lowest BCUT2D eigenvalue weighted by Gasteiger charge is -2.30. The van der Waals surface area contributed by atoms with Crippen LogP contribution in [0, 0.1) is 0 Å². The first kappa shape index (κ1) is 10.9. The minimum Gasteiger partial charge on any atom is -0.391 e. The van der Waals surface area contributed by atoms with Crippen molar-refractivity contribution in [2.24, 2.45) is 0 Å². The van der Waals surface area contributed by atoms with Gasteiger partial charge < -0.3 is 10.0 Å². The summed E-state index contributed by atoms with van der Waals surface area (Å²) in [5.41, 5.74) is 0. The maximum atomic E-state index is 8.99. The molecule has 0 radical (unpaired) electrons. The summed E-state index contributed by atoms with van der Waals surface area (Å²) < 4.78 is 0. The van der Waals surface area contributed by atoms with E-state index in [1.807, 2.05) is 0 Å². The quantitative estimate of drug-likeness (QED) is 0.860. The standard InChI is InChI=1S/C11H18N2OS/c1-13(9-5-3-2-4-6-9)11-12-7-10(8-14)15-11/h7,9,14H,2-6,8H2,1H3. The van der Waals surface area contributed by atoms with E-state index < -0.39 is 0 Å². The van der Waals surface area contributed by atoms with E-state index in [-0.39, 0.29) is 6.61 Å². The highest BCUT2D eigenvalue weighted by Crippen LogP contribution is 2.28. The Morgan fingerprint density at radius 3 is 2.80 bits per heavy atom. The Hall–Kier alpha value is -0.610. The van der Waals surface area contributed by atoms with E-state index in [1.54, 1.807) is 17.5 Å². The number of anilines is 1. The van der Waals surface area contributed by atoms with Gasteiger partial charge in [-0.3, -0.25) is 0 Å². The number of rotatable bonds is 3. The zero-order chi connectivity index (χ0) is 10.7. The molecule has 1 fully saturated rings. The number of thiazole rings is 1. The topological polar surface area (TPSA) is 36.4 Å². The highest BCUT2D eigenvalue weighted by atomic mass is 32.1. The Balaban J connectivity index is 2.02. The summed E-state index contributed by atoms with van der Waals surface area (Å²) in [5.74, 6) is 0. The molecule has 0 atom stereocenters. The van der Waals surface area contributed by atoms with Gasteiger partial charge in [0.15, 0.2) is 5.13 Å². The molecule has 0 aliphatic heterocycles. The lowest BCUT2D eigenvalue weighted by Crippen LogP contribution is -2.33. The molecular formula is C11H18N2OS. The van der Waals surface area contributed by atoms with Crippen molar-refractivity contribution in [2.45, 2.75) is 44.8 Å². The van der Waals surface area contributed by atoms with E-state index >= 15 is 0 Å². The smallest absolute Gasteiger partial charge is 0.185 e. The van der Waals surface area contributed by atoms with E-state index in [1.165, 1.54) is 32.1 Å². The van der Waals surface area contributed by atoms with E-state index in [0.717, 1.165) is 10.0 Å². The Morgan fingerprint density at radius 2 is 2.20 bits per heavy atom. The SMILES string of the molecule is CN(c1ncc(CO)s1)C1CCCCC1. The predicted molar refractivity (Wildman–Crippen MR) is 63.3 cm³/mol. The Labute approximate surface area is 94.8 Å². The summed E-state index contributed by atoms with van der Waals surface area (Å²) in [7, 11) is 2.12. The van der Waals surface area contributed by atoms with Crippen molar-refractivity contribution in [3.63, 3.8) is 0 Å². The monoisotopic (exact) mass is 226 g/mol. The molecule has 4 heteroatoms. The second kappa shape index (κ2) is 4.94. The van der Waals surface area contributed by atoms with Crippen LogP contribution in [0.3, 0.4) is 0 Å². The highest BCUT2D eigenvalue weighted by molar-refractivity contribution is 7.15. The summed E-state index contributed by atoms with van der Waals surface area (Å²) in [6, 6.07) is 0.649. The fraction of sp³-hybridized carbons (Fsp3) is 0.727. The van der Waals surface area contributed by atoms with Gasteiger partial charge in [-0.1, -0.05) is 30.6 Å². The fourth-order valence-corrected chi connectivity index (χ4v) is 2.96. The second-order valence-corrected chi connectivity index (χ2v) is 5.26.